The molecule has 2 heterocycles. The molecule has 0 aliphatic rings. The third-order valence-corrected chi connectivity index (χ3v) is 4.79. The smallest absolute Gasteiger partial charge is 0.359 e. The third-order valence-electron chi connectivity index (χ3n) is 4.79. The Hall–Kier alpha value is -5.31. The Bertz CT molecular complexity index is 1500. The molecule has 0 spiro atoms. The fourth-order valence-corrected chi connectivity index (χ4v) is 3.23. The lowest BCUT2D eigenvalue weighted by Gasteiger charge is -2.08. The zero-order valence-electron chi connectivity index (χ0n) is 18.4. The second kappa shape index (κ2) is 9.28. The van der Waals surface area contributed by atoms with Crippen LogP contribution in [0.1, 0.15) is 23.0 Å². The minimum atomic E-state index is -0.780. The summed E-state index contributed by atoms with van der Waals surface area (Å²) in [7, 11) is 1.19. The van der Waals surface area contributed by atoms with Crippen molar-refractivity contribution in [2.24, 2.45) is 0 Å². The Morgan fingerprint density at radius 1 is 1.23 bits per heavy atom. The maximum Gasteiger partial charge on any atom is 0.359 e. The average molecular weight is 472 g/mol. The number of rotatable bonds is 6. The summed E-state index contributed by atoms with van der Waals surface area (Å²) in [5.41, 5.74) is 1.24. The lowest BCUT2D eigenvalue weighted by atomic mass is 10.2. The van der Waals surface area contributed by atoms with Gasteiger partial charge in [-0.1, -0.05) is 17.1 Å². The van der Waals surface area contributed by atoms with E-state index in [0.717, 1.165) is 0 Å². The molecule has 0 bridgehead atoms. The number of methoxy groups -OCH3 is 1. The molecular formula is C23H16N6O6. The maximum absolute atomic E-state index is 12.7. The number of nitrogens with one attached hydrogen (secondary N) is 1. The Labute approximate surface area is 197 Å². The van der Waals surface area contributed by atoms with Crippen LogP contribution >= 0.6 is 0 Å². The number of amides is 1. The highest BCUT2D eigenvalue weighted by molar-refractivity contribution is 6.03. The number of nitrogens with zero attached hydrogens (tertiary/aromatic N) is 5. The van der Waals surface area contributed by atoms with E-state index in [9.17, 15) is 19.7 Å². The van der Waals surface area contributed by atoms with E-state index in [2.05, 4.69) is 26.5 Å². The van der Waals surface area contributed by atoms with Crippen LogP contribution in [0.3, 0.4) is 0 Å². The molecule has 174 valence electrons. The summed E-state index contributed by atoms with van der Waals surface area (Å²) in [5.74, 6) is 1.26. The molecule has 4 rings (SSSR count). The van der Waals surface area contributed by atoms with Gasteiger partial charge in [-0.2, -0.15) is 10.1 Å². The second-order valence-corrected chi connectivity index (χ2v) is 7.08. The van der Waals surface area contributed by atoms with Gasteiger partial charge >= 0.3 is 5.97 Å². The maximum atomic E-state index is 12.7. The molecule has 2 aromatic carbocycles. The van der Waals surface area contributed by atoms with Gasteiger partial charge in [0.2, 0.25) is 11.7 Å². The van der Waals surface area contributed by atoms with E-state index in [1.165, 1.54) is 43.0 Å². The first-order chi connectivity index (χ1) is 16.8. The molecule has 12 nitrogen and oxygen atoms in total. The molecule has 12 heteroatoms. The largest absolute Gasteiger partial charge is 0.464 e. The Morgan fingerprint density at radius 3 is 2.60 bits per heavy atom. The quantitative estimate of drug-likeness (QED) is 0.193. The van der Waals surface area contributed by atoms with Crippen molar-refractivity contribution >= 4 is 23.3 Å². The van der Waals surface area contributed by atoms with Crippen LogP contribution in [0.4, 0.5) is 11.4 Å². The number of non-ortho nitro benzene ring substituents is 1. The van der Waals surface area contributed by atoms with E-state index in [-0.39, 0.29) is 34.5 Å². The number of benzene rings is 2. The second-order valence-electron chi connectivity index (χ2n) is 7.08. The Morgan fingerprint density at radius 2 is 1.97 bits per heavy atom. The van der Waals surface area contributed by atoms with Gasteiger partial charge in [0, 0.05) is 30.2 Å². The van der Waals surface area contributed by atoms with E-state index in [1.807, 2.05) is 0 Å². The van der Waals surface area contributed by atoms with Crippen molar-refractivity contribution in [2.75, 3.05) is 12.4 Å². The van der Waals surface area contributed by atoms with Crippen LogP contribution in [-0.2, 0) is 9.53 Å². The molecule has 4 aromatic rings. The standard InChI is InChI=1S/C23H16N6O6/c1-4-14-6-5-7-17(12-14)28-20(23(31)34-3)18(24-13(2)30)19(26-28)21-25-22(35-27-21)15-8-10-16(11-9-15)29(32)33/h1,5-12H,2-3H3,(H,24,30). The van der Waals surface area contributed by atoms with Gasteiger partial charge in [-0.15, -0.1) is 6.42 Å². The van der Waals surface area contributed by atoms with Crippen molar-refractivity contribution in [2.45, 2.75) is 6.92 Å². The van der Waals surface area contributed by atoms with Gasteiger partial charge in [0.15, 0.2) is 11.4 Å². The number of carbonyl (C=O) groups excluding carboxylic acids is 2. The van der Waals surface area contributed by atoms with Gasteiger partial charge in [0.1, 0.15) is 5.69 Å². The van der Waals surface area contributed by atoms with Crippen molar-refractivity contribution in [1.29, 1.82) is 0 Å². The zero-order valence-corrected chi connectivity index (χ0v) is 18.4. The molecule has 0 atom stereocenters. The number of anilines is 1. The molecule has 2 aromatic heterocycles. The number of esters is 1. The number of hydrogen-bond donors (Lipinski definition) is 1. The van der Waals surface area contributed by atoms with Gasteiger partial charge in [-0.3, -0.25) is 14.9 Å². The van der Waals surface area contributed by atoms with Crippen molar-refractivity contribution in [3.05, 3.63) is 69.9 Å². The summed E-state index contributed by atoms with van der Waals surface area (Å²) in [5, 5.41) is 21.9. The minimum absolute atomic E-state index is 0.00603. The highest BCUT2D eigenvalue weighted by Crippen LogP contribution is 2.33. The summed E-state index contributed by atoms with van der Waals surface area (Å²) in [6, 6.07) is 12.2. The summed E-state index contributed by atoms with van der Waals surface area (Å²) in [6.45, 7) is 1.26. The normalized spacial score (nSPS) is 10.4. The number of carbonyl (C=O) groups is 2. The number of aromatic nitrogens is 4. The highest BCUT2D eigenvalue weighted by atomic mass is 16.6. The molecule has 0 aliphatic heterocycles. The Balaban J connectivity index is 1.88. The third kappa shape index (κ3) is 4.46. The van der Waals surface area contributed by atoms with Crippen molar-refractivity contribution in [1.82, 2.24) is 19.9 Å². The van der Waals surface area contributed by atoms with Gasteiger partial charge in [0.05, 0.1) is 17.7 Å². The minimum Gasteiger partial charge on any atom is -0.464 e. The topological polar surface area (TPSA) is 155 Å². The van der Waals surface area contributed by atoms with Gasteiger partial charge in [-0.25, -0.2) is 9.48 Å². The number of nitro benzene ring substituents is 1. The lowest BCUT2D eigenvalue weighted by molar-refractivity contribution is -0.384. The van der Waals surface area contributed by atoms with E-state index >= 15 is 0 Å². The predicted octanol–water partition coefficient (Wildman–Crippen LogP) is 3.22. The average Bonchev–Trinajstić information content (AvgIpc) is 3.48. The highest BCUT2D eigenvalue weighted by Gasteiger charge is 2.29. The number of nitro groups is 1. The fourth-order valence-electron chi connectivity index (χ4n) is 3.23. The molecule has 1 N–H and O–H groups in total. The van der Waals surface area contributed by atoms with E-state index in [4.69, 9.17) is 15.7 Å². The fraction of sp³-hybridized carbons (Fsp3) is 0.0870. The molecular weight excluding hydrogens is 456 g/mol. The first kappa shape index (κ1) is 22.9. The van der Waals surface area contributed by atoms with Gasteiger partial charge in [0.25, 0.3) is 11.6 Å². The molecule has 35 heavy (non-hydrogen) atoms. The van der Waals surface area contributed by atoms with Crippen LogP contribution in [0.15, 0.2) is 53.1 Å². The van der Waals surface area contributed by atoms with Crippen LogP contribution < -0.4 is 5.32 Å². The molecule has 0 fully saturated rings. The molecule has 1 amide bonds. The zero-order chi connectivity index (χ0) is 25.1. The lowest BCUT2D eigenvalue weighted by Crippen LogP contribution is -2.15. The van der Waals surface area contributed by atoms with Crippen LogP contribution in [0.25, 0.3) is 28.7 Å². The number of ether oxygens (including phenoxy) is 1. The summed E-state index contributed by atoms with van der Waals surface area (Å²) < 4.78 is 11.5. The van der Waals surface area contributed by atoms with Crippen LogP contribution in [-0.4, -0.2) is 43.8 Å². The first-order valence-corrected chi connectivity index (χ1v) is 9.97. The van der Waals surface area contributed by atoms with Crippen LogP contribution in [0, 0.1) is 22.5 Å². The SMILES string of the molecule is C#Cc1cccc(-n2nc(-c3noc(-c4ccc([N+](=O)[O-])cc4)n3)c(NC(C)=O)c2C(=O)OC)c1. The molecule has 0 unspecified atom stereocenters. The summed E-state index contributed by atoms with van der Waals surface area (Å²) in [6.07, 6.45) is 5.50. The van der Waals surface area contributed by atoms with Crippen molar-refractivity contribution < 1.29 is 23.8 Å². The van der Waals surface area contributed by atoms with E-state index in [1.54, 1.807) is 24.3 Å². The number of terminal acetylenes is 1. The monoisotopic (exact) mass is 472 g/mol. The Kier molecular flexibility index (Phi) is 6.06. The van der Waals surface area contributed by atoms with E-state index < -0.39 is 16.8 Å². The molecule has 0 saturated carbocycles. The van der Waals surface area contributed by atoms with Gasteiger partial charge < -0.3 is 14.6 Å². The summed E-state index contributed by atoms with van der Waals surface area (Å²) in [4.78, 5) is 39.4. The molecule has 0 saturated heterocycles. The first-order valence-electron chi connectivity index (χ1n) is 9.97. The van der Waals surface area contributed by atoms with Crippen LogP contribution in [0.5, 0.6) is 0 Å². The number of hydrogen-bond acceptors (Lipinski definition) is 9. The van der Waals surface area contributed by atoms with Gasteiger partial charge in [-0.05, 0) is 30.3 Å². The van der Waals surface area contributed by atoms with Crippen LogP contribution in [0.2, 0.25) is 0 Å². The van der Waals surface area contributed by atoms with Crippen molar-refractivity contribution in [3.8, 4) is 41.0 Å². The summed E-state index contributed by atoms with van der Waals surface area (Å²) >= 11 is 0. The predicted molar refractivity (Wildman–Crippen MR) is 123 cm³/mol. The van der Waals surface area contributed by atoms with Crippen molar-refractivity contribution in [3.63, 3.8) is 0 Å². The molecule has 0 aliphatic carbocycles. The van der Waals surface area contributed by atoms with E-state index in [0.29, 0.717) is 16.8 Å². The molecule has 0 radical (unpaired) electrons.